The van der Waals surface area contributed by atoms with Crippen LogP contribution in [0.4, 0.5) is 0 Å². The molecule has 0 saturated carbocycles. The fraction of sp³-hybridized carbons (Fsp3) is 0.231. The molecule has 0 spiro atoms. The summed E-state index contributed by atoms with van der Waals surface area (Å²) in [5.74, 6) is 0.504. The number of rotatable bonds is 10. The number of para-hydroxylation sites is 2. The fourth-order valence-corrected chi connectivity index (χ4v) is 3.46. The van der Waals surface area contributed by atoms with E-state index in [1.165, 1.54) is 0 Å². The molecular formula is C26H28N2O4. The molecule has 1 N–H and O–H groups in total. The monoisotopic (exact) mass is 432 g/mol. The van der Waals surface area contributed by atoms with Crippen LogP contribution in [-0.2, 0) is 22.6 Å². The molecule has 0 bridgehead atoms. The highest BCUT2D eigenvalue weighted by Gasteiger charge is 2.30. The minimum atomic E-state index is -0.684. The van der Waals surface area contributed by atoms with Crippen LogP contribution in [0.5, 0.6) is 11.5 Å². The van der Waals surface area contributed by atoms with Crippen molar-refractivity contribution in [2.45, 2.75) is 19.0 Å². The Hall–Kier alpha value is -3.80. The Bertz CT molecular complexity index is 1010. The first-order valence-corrected chi connectivity index (χ1v) is 10.5. The zero-order valence-electron chi connectivity index (χ0n) is 18.4. The number of hydrogen-bond donors (Lipinski definition) is 1. The highest BCUT2D eigenvalue weighted by Crippen LogP contribution is 2.26. The topological polar surface area (TPSA) is 67.9 Å². The molecule has 0 aliphatic carbocycles. The highest BCUT2D eigenvalue weighted by molar-refractivity contribution is 5.88. The number of carbonyl (C=O) groups is 2. The summed E-state index contributed by atoms with van der Waals surface area (Å²) in [5, 5.41) is 2.70. The molecule has 0 fully saturated rings. The quantitative estimate of drug-likeness (QED) is 0.533. The Morgan fingerprint density at radius 1 is 0.844 bits per heavy atom. The molecular weight excluding hydrogens is 404 g/mol. The number of benzene rings is 3. The lowest BCUT2D eigenvalue weighted by Crippen LogP contribution is -2.51. The lowest BCUT2D eigenvalue weighted by atomic mass is 10.0. The molecule has 3 rings (SSSR count). The van der Waals surface area contributed by atoms with Crippen molar-refractivity contribution in [3.05, 3.63) is 96.1 Å². The van der Waals surface area contributed by atoms with Crippen molar-refractivity contribution in [2.24, 2.45) is 0 Å². The number of nitrogens with zero attached hydrogens (tertiary/aromatic N) is 1. The number of carbonyl (C=O) groups excluding carboxylic acids is 2. The lowest BCUT2D eigenvalue weighted by Gasteiger charge is -2.31. The summed E-state index contributed by atoms with van der Waals surface area (Å²) in [6.07, 6.45) is 0.397. The second-order valence-electron chi connectivity index (χ2n) is 7.27. The van der Waals surface area contributed by atoms with Crippen LogP contribution >= 0.6 is 0 Å². The van der Waals surface area contributed by atoms with Crippen molar-refractivity contribution in [1.82, 2.24) is 10.2 Å². The first-order valence-electron chi connectivity index (χ1n) is 10.5. The predicted octanol–water partition coefficient (Wildman–Crippen LogP) is 3.46. The minimum absolute atomic E-state index is 0.213. The van der Waals surface area contributed by atoms with Crippen LogP contribution in [0.3, 0.4) is 0 Å². The van der Waals surface area contributed by atoms with Gasteiger partial charge in [0.25, 0.3) is 5.91 Å². The lowest BCUT2D eigenvalue weighted by molar-refractivity contribution is -0.142. The number of hydrogen-bond acceptors (Lipinski definition) is 4. The van der Waals surface area contributed by atoms with Gasteiger partial charge in [-0.1, -0.05) is 72.8 Å². The van der Waals surface area contributed by atoms with Crippen molar-refractivity contribution < 1.29 is 19.1 Å². The number of nitrogens with one attached hydrogen (secondary N) is 1. The minimum Gasteiger partial charge on any atom is -0.493 e. The van der Waals surface area contributed by atoms with Gasteiger partial charge in [-0.2, -0.15) is 0 Å². The predicted molar refractivity (Wildman–Crippen MR) is 123 cm³/mol. The van der Waals surface area contributed by atoms with Gasteiger partial charge in [0.1, 0.15) is 6.04 Å². The van der Waals surface area contributed by atoms with Crippen LogP contribution in [-0.4, -0.2) is 43.5 Å². The van der Waals surface area contributed by atoms with Crippen LogP contribution in [0, 0.1) is 0 Å². The standard InChI is InChI=1S/C26H28N2O4/c1-27-26(30)22(17-20-11-5-3-6-12-20)28(18-21-13-7-4-8-14-21)25(29)19-32-24-16-10-9-15-23(24)31-2/h3-16,22H,17-19H2,1-2H3,(H,27,30)/t22-/m0/s1. The van der Waals surface area contributed by atoms with E-state index < -0.39 is 6.04 Å². The van der Waals surface area contributed by atoms with Crippen LogP contribution in [0.25, 0.3) is 0 Å². The average molecular weight is 433 g/mol. The van der Waals surface area contributed by atoms with Crippen molar-refractivity contribution in [3.63, 3.8) is 0 Å². The molecule has 6 nitrogen and oxygen atoms in total. The van der Waals surface area contributed by atoms with Crippen LogP contribution < -0.4 is 14.8 Å². The van der Waals surface area contributed by atoms with Crippen molar-refractivity contribution in [1.29, 1.82) is 0 Å². The smallest absolute Gasteiger partial charge is 0.261 e. The normalized spacial score (nSPS) is 11.3. The van der Waals surface area contributed by atoms with E-state index in [1.807, 2.05) is 72.8 Å². The summed E-state index contributed by atoms with van der Waals surface area (Å²) in [7, 11) is 3.13. The Morgan fingerprint density at radius 2 is 1.41 bits per heavy atom. The van der Waals surface area contributed by atoms with Gasteiger partial charge < -0.3 is 19.7 Å². The second kappa shape index (κ2) is 11.6. The van der Waals surface area contributed by atoms with E-state index >= 15 is 0 Å². The molecule has 0 aliphatic heterocycles. The molecule has 166 valence electrons. The molecule has 3 aromatic rings. The summed E-state index contributed by atoms with van der Waals surface area (Å²) in [6, 6.07) is 25.7. The summed E-state index contributed by atoms with van der Waals surface area (Å²) in [6.45, 7) is 0.0787. The zero-order valence-corrected chi connectivity index (χ0v) is 18.4. The number of amides is 2. The van der Waals surface area contributed by atoms with Crippen LogP contribution in [0.2, 0.25) is 0 Å². The molecule has 0 radical (unpaired) electrons. The van der Waals surface area contributed by atoms with Gasteiger partial charge in [0, 0.05) is 20.0 Å². The van der Waals surface area contributed by atoms with Crippen LogP contribution in [0.1, 0.15) is 11.1 Å². The molecule has 0 unspecified atom stereocenters. The SMILES string of the molecule is CNC(=O)[C@H](Cc1ccccc1)N(Cc1ccccc1)C(=O)COc1ccccc1OC. The van der Waals surface area contributed by atoms with Gasteiger partial charge in [0.05, 0.1) is 7.11 Å². The van der Waals surface area contributed by atoms with Gasteiger partial charge in [0.2, 0.25) is 5.91 Å². The molecule has 0 aromatic heterocycles. The van der Waals surface area contributed by atoms with E-state index in [1.54, 1.807) is 31.2 Å². The maximum atomic E-state index is 13.4. The summed E-state index contributed by atoms with van der Waals surface area (Å²) >= 11 is 0. The van der Waals surface area contributed by atoms with E-state index in [-0.39, 0.29) is 18.4 Å². The zero-order chi connectivity index (χ0) is 22.8. The second-order valence-corrected chi connectivity index (χ2v) is 7.27. The van der Waals surface area contributed by atoms with Gasteiger partial charge in [-0.05, 0) is 23.3 Å². The van der Waals surface area contributed by atoms with Gasteiger partial charge in [-0.15, -0.1) is 0 Å². The third-order valence-corrected chi connectivity index (χ3v) is 5.13. The molecule has 1 atom stereocenters. The Morgan fingerprint density at radius 3 is 2.00 bits per heavy atom. The van der Waals surface area contributed by atoms with Crippen molar-refractivity contribution in [2.75, 3.05) is 20.8 Å². The third-order valence-electron chi connectivity index (χ3n) is 5.13. The number of ether oxygens (including phenoxy) is 2. The number of likely N-dealkylation sites (N-methyl/N-ethyl adjacent to an activating group) is 1. The Labute approximate surface area is 188 Å². The molecule has 0 heterocycles. The third kappa shape index (κ3) is 6.11. The summed E-state index contributed by atoms with van der Waals surface area (Å²) in [4.78, 5) is 27.8. The summed E-state index contributed by atoms with van der Waals surface area (Å²) in [5.41, 5.74) is 1.90. The van der Waals surface area contributed by atoms with E-state index in [2.05, 4.69) is 5.32 Å². The van der Waals surface area contributed by atoms with Crippen molar-refractivity contribution in [3.8, 4) is 11.5 Å². The molecule has 6 heteroatoms. The fourth-order valence-electron chi connectivity index (χ4n) is 3.46. The van der Waals surface area contributed by atoms with E-state index in [0.717, 1.165) is 11.1 Å². The van der Waals surface area contributed by atoms with E-state index in [0.29, 0.717) is 24.5 Å². The summed E-state index contributed by atoms with van der Waals surface area (Å²) < 4.78 is 11.1. The Balaban J connectivity index is 1.86. The van der Waals surface area contributed by atoms with Gasteiger partial charge >= 0.3 is 0 Å². The van der Waals surface area contributed by atoms with Crippen LogP contribution in [0.15, 0.2) is 84.9 Å². The van der Waals surface area contributed by atoms with E-state index in [4.69, 9.17) is 9.47 Å². The Kier molecular flexibility index (Phi) is 8.26. The average Bonchev–Trinajstić information content (AvgIpc) is 2.85. The van der Waals surface area contributed by atoms with E-state index in [9.17, 15) is 9.59 Å². The molecule has 3 aromatic carbocycles. The molecule has 0 saturated heterocycles. The maximum Gasteiger partial charge on any atom is 0.261 e. The van der Waals surface area contributed by atoms with Gasteiger partial charge in [-0.25, -0.2) is 0 Å². The number of methoxy groups -OCH3 is 1. The first kappa shape index (κ1) is 22.9. The highest BCUT2D eigenvalue weighted by atomic mass is 16.5. The van der Waals surface area contributed by atoms with Gasteiger partial charge in [-0.3, -0.25) is 9.59 Å². The molecule has 32 heavy (non-hydrogen) atoms. The first-order chi connectivity index (χ1) is 15.6. The largest absolute Gasteiger partial charge is 0.493 e. The molecule has 0 aliphatic rings. The molecule has 2 amide bonds. The van der Waals surface area contributed by atoms with Gasteiger partial charge in [0.15, 0.2) is 18.1 Å². The maximum absolute atomic E-state index is 13.4. The van der Waals surface area contributed by atoms with Crippen molar-refractivity contribution >= 4 is 11.8 Å².